The van der Waals surface area contributed by atoms with Gasteiger partial charge in [-0.05, 0) is 24.5 Å². The Labute approximate surface area is 118 Å². The lowest BCUT2D eigenvalue weighted by atomic mass is 10.1. The van der Waals surface area contributed by atoms with Gasteiger partial charge in [0.1, 0.15) is 0 Å². The molecule has 0 spiro atoms. The lowest BCUT2D eigenvalue weighted by Crippen LogP contribution is -2.17. The van der Waals surface area contributed by atoms with Crippen LogP contribution in [0.2, 0.25) is 0 Å². The third-order valence-electron chi connectivity index (χ3n) is 3.47. The summed E-state index contributed by atoms with van der Waals surface area (Å²) in [6.07, 6.45) is 2.16. The molecule has 0 fully saturated rings. The molecule has 100 valence electrons. The first-order chi connectivity index (χ1) is 9.33. The second kappa shape index (κ2) is 5.72. The van der Waals surface area contributed by atoms with Crippen molar-refractivity contribution in [2.45, 2.75) is 26.3 Å². The Balaban J connectivity index is 1.52. The molecule has 0 radical (unpaired) electrons. The van der Waals surface area contributed by atoms with Crippen LogP contribution >= 0.6 is 11.3 Å². The summed E-state index contributed by atoms with van der Waals surface area (Å²) in [4.78, 5) is 4.48. The van der Waals surface area contributed by atoms with Gasteiger partial charge in [0, 0.05) is 37.1 Å². The zero-order chi connectivity index (χ0) is 13.1. The van der Waals surface area contributed by atoms with Gasteiger partial charge < -0.3 is 10.6 Å². The maximum absolute atomic E-state index is 4.48. The van der Waals surface area contributed by atoms with E-state index >= 15 is 0 Å². The summed E-state index contributed by atoms with van der Waals surface area (Å²) in [5, 5.41) is 10.3. The van der Waals surface area contributed by atoms with Crippen molar-refractivity contribution in [3.8, 4) is 0 Å². The van der Waals surface area contributed by atoms with Crippen molar-refractivity contribution in [3.05, 3.63) is 45.4 Å². The maximum Gasteiger partial charge on any atom is 0.0897 e. The molecule has 0 bridgehead atoms. The molecule has 3 rings (SSSR count). The summed E-state index contributed by atoms with van der Waals surface area (Å²) < 4.78 is 0. The molecule has 0 unspecified atom stereocenters. The molecule has 1 aliphatic rings. The fourth-order valence-electron chi connectivity index (χ4n) is 2.52. The SMILES string of the molecule is Cc1nc(CCNCc2cccc3c2NCC3)cs1. The number of aromatic nitrogens is 1. The molecule has 0 saturated carbocycles. The van der Waals surface area contributed by atoms with Crippen LogP contribution in [0.3, 0.4) is 0 Å². The quantitative estimate of drug-likeness (QED) is 0.823. The largest absolute Gasteiger partial charge is 0.384 e. The van der Waals surface area contributed by atoms with Gasteiger partial charge in [0.15, 0.2) is 0 Å². The molecule has 2 aromatic rings. The highest BCUT2D eigenvalue weighted by molar-refractivity contribution is 7.09. The number of nitrogens with zero attached hydrogens (tertiary/aromatic N) is 1. The second-order valence-corrected chi connectivity index (χ2v) is 5.97. The standard InChI is InChI=1S/C15H19N3S/c1-11-18-14(10-19-11)6-7-16-9-13-4-2-3-12-5-8-17-15(12)13/h2-4,10,16-17H,5-9H2,1H3. The summed E-state index contributed by atoms with van der Waals surface area (Å²) in [7, 11) is 0. The lowest BCUT2D eigenvalue weighted by molar-refractivity contribution is 0.682. The Bertz CT molecular complexity index is 562. The maximum atomic E-state index is 4.48. The van der Waals surface area contributed by atoms with Crippen molar-refractivity contribution in [2.24, 2.45) is 0 Å². The third-order valence-corrected chi connectivity index (χ3v) is 4.30. The Morgan fingerprint density at radius 2 is 2.37 bits per heavy atom. The summed E-state index contributed by atoms with van der Waals surface area (Å²) in [5.74, 6) is 0. The molecule has 2 N–H and O–H groups in total. The molecular formula is C15H19N3S. The Morgan fingerprint density at radius 1 is 1.42 bits per heavy atom. The van der Waals surface area contributed by atoms with E-state index in [9.17, 15) is 0 Å². The number of benzene rings is 1. The Morgan fingerprint density at radius 3 is 3.21 bits per heavy atom. The number of hydrogen-bond donors (Lipinski definition) is 2. The van der Waals surface area contributed by atoms with E-state index in [-0.39, 0.29) is 0 Å². The monoisotopic (exact) mass is 273 g/mol. The topological polar surface area (TPSA) is 37.0 Å². The number of para-hydroxylation sites is 1. The molecular weight excluding hydrogens is 254 g/mol. The normalized spacial score (nSPS) is 13.3. The van der Waals surface area contributed by atoms with E-state index in [1.165, 1.54) is 22.5 Å². The van der Waals surface area contributed by atoms with E-state index in [1.807, 2.05) is 0 Å². The number of rotatable bonds is 5. The molecule has 1 aliphatic heterocycles. The van der Waals surface area contributed by atoms with Crippen LogP contribution in [0.25, 0.3) is 0 Å². The highest BCUT2D eigenvalue weighted by atomic mass is 32.1. The predicted octanol–water partition coefficient (Wildman–Crippen LogP) is 2.75. The van der Waals surface area contributed by atoms with Gasteiger partial charge in [-0.2, -0.15) is 0 Å². The van der Waals surface area contributed by atoms with Crippen LogP contribution < -0.4 is 10.6 Å². The van der Waals surface area contributed by atoms with Gasteiger partial charge in [0.05, 0.1) is 10.7 Å². The first-order valence-corrected chi connectivity index (χ1v) is 7.67. The highest BCUT2D eigenvalue weighted by Crippen LogP contribution is 2.26. The van der Waals surface area contributed by atoms with Gasteiger partial charge in [-0.15, -0.1) is 11.3 Å². The first kappa shape index (κ1) is 12.6. The number of anilines is 1. The average Bonchev–Trinajstić information content (AvgIpc) is 3.03. The smallest absolute Gasteiger partial charge is 0.0897 e. The van der Waals surface area contributed by atoms with Crippen molar-refractivity contribution < 1.29 is 0 Å². The van der Waals surface area contributed by atoms with Gasteiger partial charge in [-0.3, -0.25) is 0 Å². The third kappa shape index (κ3) is 2.96. The Hall–Kier alpha value is -1.39. The number of thiazole rings is 1. The van der Waals surface area contributed by atoms with Gasteiger partial charge >= 0.3 is 0 Å². The number of fused-ring (bicyclic) bond motifs is 1. The van der Waals surface area contributed by atoms with Crippen LogP contribution in [0.1, 0.15) is 21.8 Å². The molecule has 1 aromatic carbocycles. The average molecular weight is 273 g/mol. The summed E-state index contributed by atoms with van der Waals surface area (Å²) in [6, 6.07) is 6.58. The highest BCUT2D eigenvalue weighted by Gasteiger charge is 2.12. The van der Waals surface area contributed by atoms with Gasteiger partial charge in [-0.25, -0.2) is 4.98 Å². The minimum absolute atomic E-state index is 0.930. The molecule has 0 aliphatic carbocycles. The second-order valence-electron chi connectivity index (χ2n) is 4.91. The van der Waals surface area contributed by atoms with Crippen molar-refractivity contribution in [2.75, 3.05) is 18.4 Å². The van der Waals surface area contributed by atoms with E-state index in [2.05, 4.69) is 46.1 Å². The molecule has 0 amide bonds. The van der Waals surface area contributed by atoms with Crippen LogP contribution in [-0.4, -0.2) is 18.1 Å². The summed E-state index contributed by atoms with van der Waals surface area (Å²) in [6.45, 7) is 5.04. The van der Waals surface area contributed by atoms with Crippen LogP contribution in [0.4, 0.5) is 5.69 Å². The minimum Gasteiger partial charge on any atom is -0.384 e. The molecule has 1 aromatic heterocycles. The molecule has 19 heavy (non-hydrogen) atoms. The Kier molecular flexibility index (Phi) is 3.80. The van der Waals surface area contributed by atoms with Crippen molar-refractivity contribution in [3.63, 3.8) is 0 Å². The predicted molar refractivity (Wildman–Crippen MR) is 80.9 cm³/mol. The number of nitrogens with one attached hydrogen (secondary N) is 2. The zero-order valence-corrected chi connectivity index (χ0v) is 12.0. The van der Waals surface area contributed by atoms with Crippen LogP contribution in [0, 0.1) is 6.92 Å². The molecule has 0 saturated heterocycles. The molecule has 2 heterocycles. The lowest BCUT2D eigenvalue weighted by Gasteiger charge is -2.09. The van der Waals surface area contributed by atoms with Crippen LogP contribution in [0.5, 0.6) is 0 Å². The number of aryl methyl sites for hydroxylation is 1. The van der Waals surface area contributed by atoms with E-state index in [4.69, 9.17) is 0 Å². The summed E-state index contributed by atoms with van der Waals surface area (Å²) >= 11 is 1.73. The van der Waals surface area contributed by atoms with Crippen LogP contribution in [-0.2, 0) is 19.4 Å². The van der Waals surface area contributed by atoms with E-state index < -0.39 is 0 Å². The number of hydrogen-bond acceptors (Lipinski definition) is 4. The summed E-state index contributed by atoms with van der Waals surface area (Å²) in [5.41, 5.74) is 5.38. The fraction of sp³-hybridized carbons (Fsp3) is 0.400. The molecule has 3 nitrogen and oxygen atoms in total. The van der Waals surface area contributed by atoms with Crippen molar-refractivity contribution in [1.29, 1.82) is 0 Å². The van der Waals surface area contributed by atoms with Crippen molar-refractivity contribution in [1.82, 2.24) is 10.3 Å². The molecule has 4 heteroatoms. The first-order valence-electron chi connectivity index (χ1n) is 6.79. The van der Waals surface area contributed by atoms with Gasteiger partial charge in [0.2, 0.25) is 0 Å². The van der Waals surface area contributed by atoms with Gasteiger partial charge in [0.25, 0.3) is 0 Å². The molecule has 0 atom stereocenters. The van der Waals surface area contributed by atoms with E-state index in [0.717, 1.165) is 37.5 Å². The zero-order valence-electron chi connectivity index (χ0n) is 11.2. The van der Waals surface area contributed by atoms with Gasteiger partial charge in [-0.1, -0.05) is 18.2 Å². The fourth-order valence-corrected chi connectivity index (χ4v) is 3.17. The minimum atomic E-state index is 0.930. The van der Waals surface area contributed by atoms with Crippen LogP contribution in [0.15, 0.2) is 23.6 Å². The van der Waals surface area contributed by atoms with E-state index in [0.29, 0.717) is 0 Å². The van der Waals surface area contributed by atoms with E-state index in [1.54, 1.807) is 11.3 Å². The van der Waals surface area contributed by atoms with Crippen molar-refractivity contribution >= 4 is 17.0 Å².